The average Bonchev–Trinajstić information content (AvgIpc) is 2.85. The van der Waals surface area contributed by atoms with E-state index >= 15 is 0 Å². The highest BCUT2D eigenvalue weighted by molar-refractivity contribution is 7.98. The van der Waals surface area contributed by atoms with Gasteiger partial charge in [-0.05, 0) is 55.7 Å². The quantitative estimate of drug-likeness (QED) is 0.150. The molecule has 4 atom stereocenters. The molecule has 1 aromatic rings. The molecule has 0 spiro atoms. The van der Waals surface area contributed by atoms with Crippen LogP contribution in [0.25, 0.3) is 0 Å². The number of amides is 3. The van der Waals surface area contributed by atoms with Crippen molar-refractivity contribution in [3.05, 3.63) is 35.9 Å². The van der Waals surface area contributed by atoms with E-state index in [9.17, 15) is 24.3 Å². The van der Waals surface area contributed by atoms with E-state index < -0.39 is 47.9 Å². The number of carbonyl (C=O) groups excluding carboxylic acids is 3. The predicted molar refractivity (Wildman–Crippen MR) is 147 cm³/mol. The van der Waals surface area contributed by atoms with E-state index in [0.717, 1.165) is 12.0 Å². The molecule has 37 heavy (non-hydrogen) atoms. The van der Waals surface area contributed by atoms with E-state index in [2.05, 4.69) is 16.0 Å². The molecule has 4 unspecified atom stereocenters. The number of benzene rings is 1. The number of hydrogen-bond donors (Lipinski definition) is 6. The summed E-state index contributed by atoms with van der Waals surface area (Å²) < 4.78 is 0. The molecular formula is C26H43N5O5S. The summed E-state index contributed by atoms with van der Waals surface area (Å²) in [5, 5.41) is 17.6. The molecule has 0 aliphatic heterocycles. The first-order valence-corrected chi connectivity index (χ1v) is 14.1. The van der Waals surface area contributed by atoms with Crippen molar-refractivity contribution in [2.75, 3.05) is 18.6 Å². The van der Waals surface area contributed by atoms with Crippen molar-refractivity contribution in [1.29, 1.82) is 0 Å². The molecule has 0 saturated carbocycles. The summed E-state index contributed by atoms with van der Waals surface area (Å²) in [6.45, 7) is 4.35. The molecule has 0 aliphatic carbocycles. The lowest BCUT2D eigenvalue weighted by Crippen LogP contribution is -2.57. The number of carboxylic acid groups (broad SMARTS) is 1. The second-order valence-electron chi connectivity index (χ2n) is 9.51. The number of nitrogens with one attached hydrogen (secondary N) is 3. The summed E-state index contributed by atoms with van der Waals surface area (Å²) in [5.74, 6) is -2.07. The Labute approximate surface area is 224 Å². The molecule has 10 nitrogen and oxygen atoms in total. The van der Waals surface area contributed by atoms with Gasteiger partial charge in [-0.3, -0.25) is 14.4 Å². The highest BCUT2D eigenvalue weighted by Crippen LogP contribution is 2.10. The molecule has 0 bridgehead atoms. The third kappa shape index (κ3) is 12.9. The standard InChI is InChI=1S/C26H43N5O5S/c1-17(2)15-21(30-23(32)19(28)11-7-8-13-27)24(33)31-22(16-18-9-5-4-6-10-18)25(34)29-20(26(35)36)12-14-37-3/h4-6,9-10,17,19-22H,7-8,11-16,27-28H2,1-3H3,(H,29,34)(H,30,32)(H,31,33)(H,35,36). The zero-order valence-corrected chi connectivity index (χ0v) is 22.9. The van der Waals surface area contributed by atoms with Gasteiger partial charge in [-0.2, -0.15) is 11.8 Å². The van der Waals surface area contributed by atoms with Crippen molar-refractivity contribution in [2.24, 2.45) is 17.4 Å². The summed E-state index contributed by atoms with van der Waals surface area (Å²) in [6, 6.07) is 5.34. The lowest BCUT2D eigenvalue weighted by Gasteiger charge is -2.26. The van der Waals surface area contributed by atoms with E-state index in [1.807, 2.05) is 50.4 Å². The van der Waals surface area contributed by atoms with Gasteiger partial charge in [-0.25, -0.2) is 4.79 Å². The first-order chi connectivity index (χ1) is 17.6. The van der Waals surface area contributed by atoms with Gasteiger partial charge in [0.1, 0.15) is 18.1 Å². The minimum Gasteiger partial charge on any atom is -0.480 e. The number of hydrogen-bond acceptors (Lipinski definition) is 7. The van der Waals surface area contributed by atoms with Crippen LogP contribution < -0.4 is 27.4 Å². The lowest BCUT2D eigenvalue weighted by atomic mass is 10.00. The van der Waals surface area contributed by atoms with E-state index in [1.54, 1.807) is 0 Å². The highest BCUT2D eigenvalue weighted by atomic mass is 32.2. The van der Waals surface area contributed by atoms with Gasteiger partial charge >= 0.3 is 5.97 Å². The van der Waals surface area contributed by atoms with Crippen LogP contribution in [0.4, 0.5) is 0 Å². The zero-order valence-electron chi connectivity index (χ0n) is 22.1. The summed E-state index contributed by atoms with van der Waals surface area (Å²) in [4.78, 5) is 50.8. The fourth-order valence-corrected chi connectivity index (χ4v) is 4.19. The Kier molecular flexibility index (Phi) is 15.6. The summed E-state index contributed by atoms with van der Waals surface area (Å²) in [5.41, 5.74) is 12.3. The Morgan fingerprint density at radius 1 is 0.892 bits per heavy atom. The molecule has 0 heterocycles. The second kappa shape index (κ2) is 17.8. The summed E-state index contributed by atoms with van der Waals surface area (Å²) in [6.07, 6.45) is 4.51. The number of carbonyl (C=O) groups is 4. The molecule has 1 rings (SSSR count). The van der Waals surface area contributed by atoms with Crippen LogP contribution in [0, 0.1) is 5.92 Å². The Hall–Kier alpha value is -2.63. The van der Waals surface area contributed by atoms with Crippen LogP contribution in [0.1, 0.15) is 51.5 Å². The third-order valence-corrected chi connectivity index (χ3v) is 6.43. The molecule has 1 aromatic carbocycles. The second-order valence-corrected chi connectivity index (χ2v) is 10.5. The number of thioether (sulfide) groups is 1. The Morgan fingerprint density at radius 2 is 1.49 bits per heavy atom. The lowest BCUT2D eigenvalue weighted by molar-refractivity contribution is -0.142. The van der Waals surface area contributed by atoms with E-state index in [4.69, 9.17) is 11.5 Å². The Bertz CT molecular complexity index is 855. The van der Waals surface area contributed by atoms with Gasteiger partial charge in [0.15, 0.2) is 0 Å². The first kappa shape index (κ1) is 32.4. The molecule has 11 heteroatoms. The van der Waals surface area contributed by atoms with E-state index in [-0.39, 0.29) is 18.8 Å². The number of rotatable bonds is 18. The maximum absolute atomic E-state index is 13.3. The molecule has 0 fully saturated rings. The van der Waals surface area contributed by atoms with Crippen LogP contribution >= 0.6 is 11.8 Å². The zero-order chi connectivity index (χ0) is 27.8. The van der Waals surface area contributed by atoms with Crippen molar-refractivity contribution in [2.45, 2.75) is 76.5 Å². The van der Waals surface area contributed by atoms with Gasteiger partial charge in [-0.15, -0.1) is 0 Å². The van der Waals surface area contributed by atoms with Gasteiger partial charge in [0.2, 0.25) is 17.7 Å². The van der Waals surface area contributed by atoms with E-state index in [1.165, 1.54) is 11.8 Å². The summed E-state index contributed by atoms with van der Waals surface area (Å²) >= 11 is 1.48. The van der Waals surface area contributed by atoms with Gasteiger partial charge in [0.05, 0.1) is 6.04 Å². The third-order valence-electron chi connectivity index (χ3n) is 5.79. The Balaban J connectivity index is 3.05. The monoisotopic (exact) mass is 537 g/mol. The number of nitrogens with two attached hydrogens (primary N) is 2. The molecule has 0 aromatic heterocycles. The molecule has 208 valence electrons. The molecular weight excluding hydrogens is 494 g/mol. The van der Waals surface area contributed by atoms with E-state index in [0.29, 0.717) is 31.6 Å². The average molecular weight is 538 g/mol. The van der Waals surface area contributed by atoms with Crippen LogP contribution in [0.2, 0.25) is 0 Å². The highest BCUT2D eigenvalue weighted by Gasteiger charge is 2.30. The van der Waals surface area contributed by atoms with Crippen LogP contribution in [0.15, 0.2) is 30.3 Å². The van der Waals surface area contributed by atoms with Crippen LogP contribution in [0.3, 0.4) is 0 Å². The van der Waals surface area contributed by atoms with Gasteiger partial charge in [0.25, 0.3) is 0 Å². The number of carboxylic acids is 1. The van der Waals surface area contributed by atoms with Crippen LogP contribution in [0.5, 0.6) is 0 Å². The SMILES string of the molecule is CSCCC(NC(=O)C(Cc1ccccc1)NC(=O)C(CC(C)C)NC(=O)C(N)CCCCN)C(=O)O. The minimum atomic E-state index is -1.14. The van der Waals surface area contributed by atoms with Gasteiger partial charge in [0, 0.05) is 6.42 Å². The predicted octanol–water partition coefficient (Wildman–Crippen LogP) is 1.02. The van der Waals surface area contributed by atoms with Crippen molar-refractivity contribution in [3.8, 4) is 0 Å². The van der Waals surface area contributed by atoms with Gasteiger partial charge < -0.3 is 32.5 Å². The maximum Gasteiger partial charge on any atom is 0.326 e. The van der Waals surface area contributed by atoms with Crippen molar-refractivity contribution in [1.82, 2.24) is 16.0 Å². The summed E-state index contributed by atoms with van der Waals surface area (Å²) in [7, 11) is 0. The largest absolute Gasteiger partial charge is 0.480 e. The van der Waals surface area contributed by atoms with Crippen molar-refractivity contribution in [3.63, 3.8) is 0 Å². The van der Waals surface area contributed by atoms with Crippen LogP contribution in [-0.2, 0) is 25.6 Å². The molecule has 0 radical (unpaired) electrons. The number of unbranched alkanes of at least 4 members (excludes halogenated alkanes) is 1. The fraction of sp³-hybridized carbons (Fsp3) is 0.615. The molecule has 0 aliphatic rings. The minimum absolute atomic E-state index is 0.0776. The van der Waals surface area contributed by atoms with Crippen LogP contribution in [-0.4, -0.2) is 71.5 Å². The first-order valence-electron chi connectivity index (χ1n) is 12.7. The van der Waals surface area contributed by atoms with Crippen molar-refractivity contribution >= 4 is 35.5 Å². The number of aliphatic carboxylic acids is 1. The topological polar surface area (TPSA) is 177 Å². The smallest absolute Gasteiger partial charge is 0.326 e. The molecule has 0 saturated heterocycles. The normalized spacial score (nSPS) is 14.3. The molecule has 8 N–H and O–H groups in total. The Morgan fingerprint density at radius 3 is 2.05 bits per heavy atom. The fourth-order valence-electron chi connectivity index (χ4n) is 3.72. The molecule has 3 amide bonds. The maximum atomic E-state index is 13.3. The van der Waals surface area contributed by atoms with Crippen molar-refractivity contribution < 1.29 is 24.3 Å². The van der Waals surface area contributed by atoms with Gasteiger partial charge in [-0.1, -0.05) is 50.6 Å².